The van der Waals surface area contributed by atoms with E-state index in [0.717, 1.165) is 0 Å². The van der Waals surface area contributed by atoms with Crippen LogP contribution in [0.4, 0.5) is 34.1 Å². The minimum absolute atomic E-state index is 1.17. The number of aryl methyl sites for hydroxylation is 2. The maximum atomic E-state index is 2.37. The van der Waals surface area contributed by atoms with Crippen molar-refractivity contribution in [3.63, 3.8) is 0 Å². The SMILES string of the molecule is Cc1ccc(N2c3ccccc3N(c3ccccc3)c3ccccc32)cc1C. The molecule has 1 aliphatic rings. The molecule has 0 unspecified atom stereocenters. The van der Waals surface area contributed by atoms with Crippen LogP contribution in [0, 0.1) is 13.8 Å². The number of benzene rings is 4. The molecule has 0 fully saturated rings. The largest absolute Gasteiger partial charge is 0.306 e. The van der Waals surface area contributed by atoms with Gasteiger partial charge in [0, 0.05) is 11.4 Å². The van der Waals surface area contributed by atoms with Crippen LogP contribution in [0.5, 0.6) is 0 Å². The topological polar surface area (TPSA) is 6.48 Å². The third kappa shape index (κ3) is 2.57. The van der Waals surface area contributed by atoms with E-state index in [4.69, 9.17) is 0 Å². The molecule has 0 saturated heterocycles. The van der Waals surface area contributed by atoms with E-state index in [0.29, 0.717) is 0 Å². The Morgan fingerprint density at radius 2 is 0.893 bits per heavy atom. The Kier molecular flexibility index (Phi) is 3.91. The molecule has 0 bridgehead atoms. The summed E-state index contributed by atoms with van der Waals surface area (Å²) >= 11 is 0. The number of fused-ring (bicyclic) bond motifs is 2. The van der Waals surface area contributed by atoms with E-state index < -0.39 is 0 Å². The lowest BCUT2D eigenvalue weighted by Gasteiger charge is -2.40. The van der Waals surface area contributed by atoms with Gasteiger partial charge in [0.1, 0.15) is 0 Å². The summed E-state index contributed by atoms with van der Waals surface area (Å²) in [6.45, 7) is 4.34. The molecule has 0 aromatic heterocycles. The lowest BCUT2D eigenvalue weighted by molar-refractivity contribution is 1.16. The van der Waals surface area contributed by atoms with Gasteiger partial charge in [-0.25, -0.2) is 0 Å². The van der Waals surface area contributed by atoms with Crippen molar-refractivity contribution in [2.45, 2.75) is 13.8 Å². The van der Waals surface area contributed by atoms with Crippen molar-refractivity contribution in [2.24, 2.45) is 0 Å². The van der Waals surface area contributed by atoms with E-state index in [1.165, 1.54) is 45.3 Å². The van der Waals surface area contributed by atoms with Crippen LogP contribution >= 0.6 is 0 Å². The second kappa shape index (κ2) is 6.58. The van der Waals surface area contributed by atoms with Crippen LogP contribution in [0.2, 0.25) is 0 Å². The Morgan fingerprint density at radius 3 is 1.39 bits per heavy atom. The predicted octanol–water partition coefficient (Wildman–Crippen LogP) is 7.56. The fourth-order valence-electron chi connectivity index (χ4n) is 3.94. The van der Waals surface area contributed by atoms with Gasteiger partial charge in [0.05, 0.1) is 22.7 Å². The van der Waals surface area contributed by atoms with Gasteiger partial charge in [0.15, 0.2) is 0 Å². The monoisotopic (exact) mass is 362 g/mol. The standard InChI is InChI=1S/C26H22N2/c1-19-16-17-22(18-20(19)2)28-25-14-8-6-12-23(25)27(21-10-4-3-5-11-21)24-13-7-9-15-26(24)28/h3-18H,1-2H3. The Balaban J connectivity index is 1.79. The van der Waals surface area contributed by atoms with Gasteiger partial charge in [-0.05, 0) is 73.5 Å². The number of hydrogen-bond donors (Lipinski definition) is 0. The van der Waals surface area contributed by atoms with Crippen LogP contribution in [-0.2, 0) is 0 Å². The summed E-state index contributed by atoms with van der Waals surface area (Å²) in [5.41, 5.74) is 9.72. The number of anilines is 6. The van der Waals surface area contributed by atoms with Gasteiger partial charge < -0.3 is 9.80 Å². The molecule has 2 nitrogen and oxygen atoms in total. The summed E-state index contributed by atoms with van der Waals surface area (Å²) < 4.78 is 0. The third-order valence-corrected chi connectivity index (χ3v) is 5.49. The van der Waals surface area contributed by atoms with Crippen molar-refractivity contribution in [3.05, 3.63) is 108 Å². The van der Waals surface area contributed by atoms with Crippen molar-refractivity contribution >= 4 is 34.1 Å². The smallest absolute Gasteiger partial charge is 0.0703 e. The van der Waals surface area contributed by atoms with Gasteiger partial charge >= 0.3 is 0 Å². The van der Waals surface area contributed by atoms with E-state index in [1.54, 1.807) is 0 Å². The van der Waals surface area contributed by atoms with Crippen LogP contribution in [-0.4, -0.2) is 0 Å². The minimum Gasteiger partial charge on any atom is -0.306 e. The molecule has 0 saturated carbocycles. The maximum Gasteiger partial charge on any atom is 0.0703 e. The van der Waals surface area contributed by atoms with Gasteiger partial charge in [-0.2, -0.15) is 0 Å². The minimum atomic E-state index is 1.17. The van der Waals surface area contributed by atoms with E-state index in [1.807, 2.05) is 0 Å². The summed E-state index contributed by atoms with van der Waals surface area (Å²) in [6.07, 6.45) is 0. The number of rotatable bonds is 2. The summed E-state index contributed by atoms with van der Waals surface area (Å²) in [6, 6.07) is 34.5. The molecular weight excluding hydrogens is 340 g/mol. The fourth-order valence-corrected chi connectivity index (χ4v) is 3.94. The average molecular weight is 362 g/mol. The second-order valence-corrected chi connectivity index (χ2v) is 7.25. The molecule has 4 aromatic rings. The lowest BCUT2D eigenvalue weighted by Crippen LogP contribution is -2.23. The molecule has 2 heteroatoms. The van der Waals surface area contributed by atoms with E-state index >= 15 is 0 Å². The molecular formula is C26H22N2. The van der Waals surface area contributed by atoms with Crippen LogP contribution in [0.15, 0.2) is 97.1 Å². The van der Waals surface area contributed by atoms with Crippen LogP contribution in [0.3, 0.4) is 0 Å². The number of para-hydroxylation sites is 5. The molecule has 136 valence electrons. The molecule has 0 N–H and O–H groups in total. The van der Waals surface area contributed by atoms with Gasteiger partial charge in [0.25, 0.3) is 0 Å². The molecule has 0 spiro atoms. The fraction of sp³-hybridized carbons (Fsp3) is 0.0769. The van der Waals surface area contributed by atoms with Crippen LogP contribution < -0.4 is 9.80 Å². The summed E-state index contributed by atoms with van der Waals surface area (Å²) in [7, 11) is 0. The van der Waals surface area contributed by atoms with E-state index in [9.17, 15) is 0 Å². The first kappa shape index (κ1) is 16.6. The Labute approximate surface area is 166 Å². The van der Waals surface area contributed by atoms with Crippen LogP contribution in [0.1, 0.15) is 11.1 Å². The molecule has 1 heterocycles. The van der Waals surface area contributed by atoms with Gasteiger partial charge in [-0.3, -0.25) is 0 Å². The molecule has 0 radical (unpaired) electrons. The Bertz CT molecular complexity index is 1100. The molecule has 28 heavy (non-hydrogen) atoms. The van der Waals surface area contributed by atoms with Gasteiger partial charge in [0.2, 0.25) is 0 Å². The summed E-state index contributed by atoms with van der Waals surface area (Å²) in [4.78, 5) is 4.72. The van der Waals surface area contributed by atoms with Crippen LogP contribution in [0.25, 0.3) is 0 Å². The molecule has 0 aliphatic carbocycles. The zero-order chi connectivity index (χ0) is 19.1. The predicted molar refractivity (Wildman–Crippen MR) is 119 cm³/mol. The molecule has 5 rings (SSSR count). The molecule has 1 aliphatic heterocycles. The Hall–Kier alpha value is -3.52. The summed E-state index contributed by atoms with van der Waals surface area (Å²) in [5.74, 6) is 0. The second-order valence-electron chi connectivity index (χ2n) is 7.25. The first-order valence-electron chi connectivity index (χ1n) is 9.65. The first-order valence-corrected chi connectivity index (χ1v) is 9.65. The highest BCUT2D eigenvalue weighted by Gasteiger charge is 2.29. The molecule has 0 amide bonds. The van der Waals surface area contributed by atoms with Crippen molar-refractivity contribution in [3.8, 4) is 0 Å². The maximum absolute atomic E-state index is 2.37. The summed E-state index contributed by atoms with van der Waals surface area (Å²) in [5, 5.41) is 0. The number of hydrogen-bond acceptors (Lipinski definition) is 2. The van der Waals surface area contributed by atoms with Crippen molar-refractivity contribution in [2.75, 3.05) is 9.80 Å². The third-order valence-electron chi connectivity index (χ3n) is 5.49. The van der Waals surface area contributed by atoms with Crippen molar-refractivity contribution < 1.29 is 0 Å². The van der Waals surface area contributed by atoms with E-state index in [2.05, 4.69) is 121 Å². The van der Waals surface area contributed by atoms with Crippen molar-refractivity contribution in [1.82, 2.24) is 0 Å². The molecule has 0 atom stereocenters. The highest BCUT2D eigenvalue weighted by atomic mass is 15.3. The Morgan fingerprint density at radius 1 is 0.429 bits per heavy atom. The molecule has 4 aromatic carbocycles. The van der Waals surface area contributed by atoms with E-state index in [-0.39, 0.29) is 0 Å². The number of nitrogens with zero attached hydrogens (tertiary/aromatic N) is 2. The lowest BCUT2D eigenvalue weighted by atomic mass is 10.0. The van der Waals surface area contributed by atoms with Crippen molar-refractivity contribution in [1.29, 1.82) is 0 Å². The highest BCUT2D eigenvalue weighted by molar-refractivity contribution is 6.01. The highest BCUT2D eigenvalue weighted by Crippen LogP contribution is 2.53. The van der Waals surface area contributed by atoms with Gasteiger partial charge in [-0.1, -0.05) is 48.5 Å². The first-order chi connectivity index (χ1) is 13.7. The zero-order valence-corrected chi connectivity index (χ0v) is 16.1. The van der Waals surface area contributed by atoms with Gasteiger partial charge in [-0.15, -0.1) is 0 Å². The average Bonchev–Trinajstić information content (AvgIpc) is 2.74. The normalized spacial score (nSPS) is 12.5. The zero-order valence-electron chi connectivity index (χ0n) is 16.1. The quantitative estimate of drug-likeness (QED) is 0.320.